The summed E-state index contributed by atoms with van der Waals surface area (Å²) in [7, 11) is 0. The molecular formula is C17H25N3O4. The van der Waals surface area contributed by atoms with Crippen molar-refractivity contribution in [2.75, 3.05) is 18.4 Å². The van der Waals surface area contributed by atoms with Gasteiger partial charge in [-0.3, -0.25) is 10.1 Å². The van der Waals surface area contributed by atoms with Crippen LogP contribution in [0.25, 0.3) is 0 Å². The largest absolute Gasteiger partial charge is 0.366 e. The number of anilines is 1. The molecule has 7 nitrogen and oxygen atoms in total. The molecule has 7 heteroatoms. The van der Waals surface area contributed by atoms with Crippen molar-refractivity contribution in [3.05, 3.63) is 33.4 Å². The summed E-state index contributed by atoms with van der Waals surface area (Å²) < 4.78 is 5.98. The number of hydrogen-bond acceptors (Lipinski definition) is 4. The van der Waals surface area contributed by atoms with Crippen molar-refractivity contribution in [2.45, 2.75) is 52.7 Å². The summed E-state index contributed by atoms with van der Waals surface area (Å²) in [5.74, 6) is 0. The zero-order chi connectivity index (χ0) is 18.3. The molecule has 132 valence electrons. The molecule has 0 radical (unpaired) electrons. The van der Waals surface area contributed by atoms with Gasteiger partial charge in [-0.25, -0.2) is 4.79 Å². The Labute approximate surface area is 142 Å². The van der Waals surface area contributed by atoms with Crippen LogP contribution < -0.4 is 5.32 Å². The van der Waals surface area contributed by atoms with E-state index in [2.05, 4.69) is 5.32 Å². The van der Waals surface area contributed by atoms with Gasteiger partial charge >= 0.3 is 6.03 Å². The van der Waals surface area contributed by atoms with Crippen molar-refractivity contribution < 1.29 is 14.5 Å². The van der Waals surface area contributed by atoms with E-state index in [0.717, 1.165) is 0 Å². The molecule has 1 aliphatic heterocycles. The molecule has 1 N–H and O–H groups in total. The van der Waals surface area contributed by atoms with Crippen molar-refractivity contribution in [1.29, 1.82) is 0 Å². The number of amides is 2. The molecule has 2 amide bonds. The lowest BCUT2D eigenvalue weighted by Gasteiger charge is -2.47. The lowest BCUT2D eigenvalue weighted by molar-refractivity contribution is -0.385. The van der Waals surface area contributed by atoms with Gasteiger partial charge in [-0.1, -0.05) is 0 Å². The number of nitrogens with zero attached hydrogens (tertiary/aromatic N) is 2. The first-order valence-electron chi connectivity index (χ1n) is 7.92. The molecule has 1 heterocycles. The number of rotatable bonds is 2. The molecule has 1 saturated heterocycles. The number of nitro benzene ring substituents is 1. The van der Waals surface area contributed by atoms with Crippen molar-refractivity contribution >= 4 is 17.4 Å². The summed E-state index contributed by atoms with van der Waals surface area (Å²) in [6.45, 7) is 12.2. The Balaban J connectivity index is 2.21. The molecule has 0 saturated carbocycles. The predicted octanol–water partition coefficient (Wildman–Crippen LogP) is 3.63. The summed E-state index contributed by atoms with van der Waals surface area (Å²) in [4.78, 5) is 25.0. The van der Waals surface area contributed by atoms with Gasteiger partial charge in [0.2, 0.25) is 0 Å². The van der Waals surface area contributed by atoms with E-state index in [0.29, 0.717) is 29.9 Å². The topological polar surface area (TPSA) is 84.7 Å². The average Bonchev–Trinajstić information content (AvgIpc) is 2.38. The highest BCUT2D eigenvalue weighted by Gasteiger charge is 2.40. The standard InChI is InChI=1S/C17H25N3O4/c1-11-8-14(20(22)23)12(2)7-13(11)18-15(21)19-9-16(3,4)24-17(5,6)10-19/h7-8H,9-10H2,1-6H3,(H,18,21). The van der Waals surface area contributed by atoms with Crippen molar-refractivity contribution in [3.8, 4) is 0 Å². The number of aryl methyl sites for hydroxylation is 2. The minimum Gasteiger partial charge on any atom is -0.366 e. The van der Waals surface area contributed by atoms with Gasteiger partial charge < -0.3 is 15.0 Å². The number of urea groups is 1. The second-order valence-electron chi connectivity index (χ2n) is 7.62. The summed E-state index contributed by atoms with van der Waals surface area (Å²) in [6.07, 6.45) is 0. The fourth-order valence-corrected chi connectivity index (χ4v) is 3.26. The van der Waals surface area contributed by atoms with Crippen LogP contribution in [-0.2, 0) is 4.74 Å². The third-order valence-corrected chi connectivity index (χ3v) is 3.96. The maximum absolute atomic E-state index is 12.7. The molecule has 0 unspecified atom stereocenters. The van der Waals surface area contributed by atoms with Crippen molar-refractivity contribution in [3.63, 3.8) is 0 Å². The predicted molar refractivity (Wildman–Crippen MR) is 92.4 cm³/mol. The molecule has 0 aliphatic carbocycles. The molecule has 0 bridgehead atoms. The molecule has 0 aromatic heterocycles. The Kier molecular flexibility index (Phi) is 4.59. The first-order valence-corrected chi connectivity index (χ1v) is 7.92. The lowest BCUT2D eigenvalue weighted by atomic mass is 9.99. The monoisotopic (exact) mass is 335 g/mol. The van der Waals surface area contributed by atoms with E-state index in [1.165, 1.54) is 6.07 Å². The van der Waals surface area contributed by atoms with E-state index in [1.807, 2.05) is 27.7 Å². The molecule has 1 aromatic rings. The van der Waals surface area contributed by atoms with Crippen molar-refractivity contribution in [2.24, 2.45) is 0 Å². The van der Waals surface area contributed by atoms with Crippen molar-refractivity contribution in [1.82, 2.24) is 4.90 Å². The molecule has 1 aliphatic rings. The SMILES string of the molecule is Cc1cc([N+](=O)[O-])c(C)cc1NC(=O)N1CC(C)(C)OC(C)(C)C1. The Hall–Kier alpha value is -2.15. The molecule has 24 heavy (non-hydrogen) atoms. The van der Waals surface area contributed by atoms with Gasteiger partial charge in [-0.2, -0.15) is 0 Å². The van der Waals surface area contributed by atoms with Crippen LogP contribution >= 0.6 is 0 Å². The smallest absolute Gasteiger partial charge is 0.322 e. The summed E-state index contributed by atoms with van der Waals surface area (Å²) in [6, 6.07) is 2.90. The zero-order valence-electron chi connectivity index (χ0n) is 15.1. The fraction of sp³-hybridized carbons (Fsp3) is 0.588. The molecule has 1 aromatic carbocycles. The number of carbonyl (C=O) groups excluding carboxylic acids is 1. The fourth-order valence-electron chi connectivity index (χ4n) is 3.26. The van der Waals surface area contributed by atoms with E-state index in [4.69, 9.17) is 4.74 Å². The molecule has 0 spiro atoms. The Morgan fingerprint density at radius 3 is 2.21 bits per heavy atom. The first kappa shape index (κ1) is 18.2. The highest BCUT2D eigenvalue weighted by atomic mass is 16.6. The molecule has 0 atom stereocenters. The van der Waals surface area contributed by atoms with Crippen LogP contribution in [0.1, 0.15) is 38.8 Å². The number of morpholine rings is 1. The van der Waals surface area contributed by atoms with Gasteiger partial charge in [0.25, 0.3) is 5.69 Å². The lowest BCUT2D eigenvalue weighted by Crippen LogP contribution is -2.59. The Morgan fingerprint density at radius 1 is 1.17 bits per heavy atom. The molecule has 1 fully saturated rings. The van der Waals surface area contributed by atoms with Gasteiger partial charge in [-0.05, 0) is 53.2 Å². The highest BCUT2D eigenvalue weighted by molar-refractivity contribution is 5.90. The average molecular weight is 335 g/mol. The quantitative estimate of drug-likeness (QED) is 0.660. The first-order chi connectivity index (χ1) is 10.9. The Morgan fingerprint density at radius 2 is 1.71 bits per heavy atom. The second-order valence-corrected chi connectivity index (χ2v) is 7.62. The van der Waals surface area contributed by atoms with E-state index in [9.17, 15) is 14.9 Å². The number of ether oxygens (including phenoxy) is 1. The van der Waals surface area contributed by atoms with Gasteiger partial charge in [0, 0.05) is 17.3 Å². The van der Waals surface area contributed by atoms with E-state index >= 15 is 0 Å². The van der Waals surface area contributed by atoms with Gasteiger partial charge in [0.15, 0.2) is 0 Å². The Bertz CT molecular complexity index is 667. The number of hydrogen-bond donors (Lipinski definition) is 1. The minimum atomic E-state index is -0.431. The van der Waals surface area contributed by atoms with E-state index < -0.39 is 16.1 Å². The van der Waals surface area contributed by atoms with Gasteiger partial charge in [0.1, 0.15) is 0 Å². The molecule has 2 rings (SSSR count). The number of nitro groups is 1. The highest BCUT2D eigenvalue weighted by Crippen LogP contribution is 2.30. The summed E-state index contributed by atoms with van der Waals surface area (Å²) in [5, 5.41) is 13.9. The minimum absolute atomic E-state index is 0.0548. The third kappa shape index (κ3) is 4.03. The molecular weight excluding hydrogens is 310 g/mol. The zero-order valence-corrected chi connectivity index (χ0v) is 15.1. The van der Waals surface area contributed by atoms with Crippen LogP contribution in [0.2, 0.25) is 0 Å². The van der Waals surface area contributed by atoms with Crippen LogP contribution in [0.15, 0.2) is 12.1 Å². The number of benzene rings is 1. The summed E-state index contributed by atoms with van der Waals surface area (Å²) >= 11 is 0. The van der Waals surface area contributed by atoms with Gasteiger partial charge in [-0.15, -0.1) is 0 Å². The van der Waals surface area contributed by atoms with Gasteiger partial charge in [0.05, 0.1) is 29.2 Å². The third-order valence-electron chi connectivity index (χ3n) is 3.96. The summed E-state index contributed by atoms with van der Waals surface area (Å²) in [5.41, 5.74) is 0.958. The number of nitrogens with one attached hydrogen (secondary N) is 1. The van der Waals surface area contributed by atoms with Crippen LogP contribution in [0.4, 0.5) is 16.2 Å². The number of carbonyl (C=O) groups is 1. The normalized spacial score (nSPS) is 19.0. The van der Waals surface area contributed by atoms with Crippen LogP contribution in [0.5, 0.6) is 0 Å². The van der Waals surface area contributed by atoms with Crippen LogP contribution in [-0.4, -0.2) is 40.1 Å². The maximum Gasteiger partial charge on any atom is 0.322 e. The van der Waals surface area contributed by atoms with Crippen LogP contribution in [0.3, 0.4) is 0 Å². The maximum atomic E-state index is 12.7. The van der Waals surface area contributed by atoms with E-state index in [1.54, 1.807) is 24.8 Å². The van der Waals surface area contributed by atoms with E-state index in [-0.39, 0.29) is 11.7 Å². The van der Waals surface area contributed by atoms with Crippen LogP contribution in [0, 0.1) is 24.0 Å². The second kappa shape index (κ2) is 6.05.